The lowest BCUT2D eigenvalue weighted by molar-refractivity contribution is 0.0569. The summed E-state index contributed by atoms with van der Waals surface area (Å²) in [5.41, 5.74) is 4.71. The number of hydrogen-bond acceptors (Lipinski definition) is 7. The van der Waals surface area contributed by atoms with E-state index in [9.17, 15) is 4.79 Å². The van der Waals surface area contributed by atoms with Crippen LogP contribution >= 0.6 is 0 Å². The molecular weight excluding hydrogens is 504 g/mol. The Morgan fingerprint density at radius 1 is 1.12 bits per heavy atom. The van der Waals surface area contributed by atoms with Crippen molar-refractivity contribution < 1.29 is 9.47 Å². The first-order valence-electron chi connectivity index (χ1n) is 14.4. The Morgan fingerprint density at radius 3 is 2.75 bits per heavy atom. The van der Waals surface area contributed by atoms with Gasteiger partial charge in [-0.15, -0.1) is 5.10 Å². The molecule has 1 saturated carbocycles. The van der Waals surface area contributed by atoms with Crippen molar-refractivity contribution >= 4 is 10.9 Å². The van der Waals surface area contributed by atoms with Gasteiger partial charge in [0.05, 0.1) is 19.3 Å². The Morgan fingerprint density at radius 2 is 1.98 bits per heavy atom. The van der Waals surface area contributed by atoms with Crippen LogP contribution < -0.4 is 10.3 Å². The molecule has 0 spiro atoms. The van der Waals surface area contributed by atoms with Crippen LogP contribution in [0.4, 0.5) is 0 Å². The van der Waals surface area contributed by atoms with E-state index in [0.717, 1.165) is 78.5 Å². The van der Waals surface area contributed by atoms with Crippen LogP contribution in [-0.4, -0.2) is 56.5 Å². The Bertz CT molecular complexity index is 1530. The number of hydrogen-bond donors (Lipinski definition) is 1. The summed E-state index contributed by atoms with van der Waals surface area (Å²) in [6.45, 7) is 6.15. The number of tetrazole rings is 1. The van der Waals surface area contributed by atoms with Gasteiger partial charge in [-0.3, -0.25) is 9.69 Å². The molecule has 1 N–H and O–H groups in total. The average molecular weight is 543 g/mol. The fraction of sp³-hybridized carbons (Fsp3) is 0.484. The second-order valence-corrected chi connectivity index (χ2v) is 11.3. The zero-order valence-electron chi connectivity index (χ0n) is 23.6. The second-order valence-electron chi connectivity index (χ2n) is 11.3. The summed E-state index contributed by atoms with van der Waals surface area (Å²) in [6, 6.07) is 14.1. The van der Waals surface area contributed by atoms with Crippen LogP contribution in [0.25, 0.3) is 10.9 Å². The van der Waals surface area contributed by atoms with Crippen LogP contribution in [-0.2, 0) is 11.3 Å². The van der Waals surface area contributed by atoms with Crippen molar-refractivity contribution in [3.63, 3.8) is 0 Å². The predicted octanol–water partition coefficient (Wildman–Crippen LogP) is 5.03. The number of nitrogens with one attached hydrogen (secondary N) is 1. The molecule has 0 amide bonds. The Labute approximate surface area is 234 Å². The first kappa shape index (κ1) is 26.7. The smallest absolute Gasteiger partial charge is 0.253 e. The molecule has 2 fully saturated rings. The van der Waals surface area contributed by atoms with Gasteiger partial charge in [-0.25, -0.2) is 4.68 Å². The van der Waals surface area contributed by atoms with E-state index in [1.54, 1.807) is 7.11 Å². The molecule has 1 aliphatic carbocycles. The van der Waals surface area contributed by atoms with Crippen LogP contribution in [0.1, 0.15) is 78.7 Å². The van der Waals surface area contributed by atoms with Gasteiger partial charge in [-0.05, 0) is 90.9 Å². The Balaban J connectivity index is 1.52. The summed E-state index contributed by atoms with van der Waals surface area (Å²) in [5.74, 6) is 1.51. The van der Waals surface area contributed by atoms with Crippen molar-refractivity contribution in [3.8, 4) is 5.75 Å². The van der Waals surface area contributed by atoms with Gasteiger partial charge in [0, 0.05) is 36.2 Å². The van der Waals surface area contributed by atoms with E-state index >= 15 is 0 Å². The lowest BCUT2D eigenvalue weighted by atomic mass is 9.98. The van der Waals surface area contributed by atoms with Gasteiger partial charge in [-0.1, -0.05) is 31.0 Å². The number of benzene rings is 2. The summed E-state index contributed by atoms with van der Waals surface area (Å²) in [6.07, 6.45) is 6.50. The van der Waals surface area contributed by atoms with Gasteiger partial charge in [-0.2, -0.15) is 0 Å². The molecule has 2 aromatic heterocycles. The highest BCUT2D eigenvalue weighted by molar-refractivity contribution is 5.83. The minimum absolute atomic E-state index is 0.0767. The molecule has 6 rings (SSSR count). The first-order valence-corrected chi connectivity index (χ1v) is 14.4. The molecule has 2 atom stereocenters. The Hall–Kier alpha value is -3.56. The zero-order chi connectivity index (χ0) is 27.6. The minimum atomic E-state index is -0.458. The van der Waals surface area contributed by atoms with Gasteiger partial charge in [0.2, 0.25) is 0 Å². The molecule has 1 saturated heterocycles. The lowest BCUT2D eigenvalue weighted by Crippen LogP contribution is -2.39. The predicted molar refractivity (Wildman–Crippen MR) is 154 cm³/mol. The normalized spacial score (nSPS) is 18.6. The largest absolute Gasteiger partial charge is 0.497 e. The monoisotopic (exact) mass is 542 g/mol. The van der Waals surface area contributed by atoms with Gasteiger partial charge < -0.3 is 14.5 Å². The molecule has 210 valence electrons. The van der Waals surface area contributed by atoms with Crippen molar-refractivity contribution in [1.82, 2.24) is 30.1 Å². The third kappa shape index (κ3) is 5.40. The molecule has 9 heteroatoms. The summed E-state index contributed by atoms with van der Waals surface area (Å²) >= 11 is 0. The number of methoxy groups -OCH3 is 1. The number of H-pyrrole nitrogens is 1. The SMILES string of the molecule is COc1cccc(CN(CC2CCCO2)C(c2cc3c(C)cc(C)cc3[nH]c2=O)c2nnnn2C2CCCC2)c1. The number of pyridine rings is 1. The quantitative estimate of drug-likeness (QED) is 0.317. The number of aryl methyl sites for hydroxylation is 2. The molecule has 40 heavy (non-hydrogen) atoms. The molecule has 2 unspecified atom stereocenters. The van der Waals surface area contributed by atoms with Gasteiger partial charge in [0.25, 0.3) is 5.56 Å². The van der Waals surface area contributed by atoms with E-state index in [2.05, 4.69) is 63.5 Å². The lowest BCUT2D eigenvalue weighted by Gasteiger charge is -2.33. The standard InChI is InChI=1S/C31H38N6O3/c1-20-14-21(2)26-17-27(31(38)32-28(26)15-20)29(30-33-34-35-37(30)23-9-4-5-10-23)36(19-25-12-7-13-40-25)18-22-8-6-11-24(16-22)39-3/h6,8,11,14-17,23,25,29H,4-5,7,9-10,12-13,18-19H2,1-3H3,(H,32,38). The van der Waals surface area contributed by atoms with Crippen LogP contribution in [0.2, 0.25) is 0 Å². The third-order valence-electron chi connectivity index (χ3n) is 8.42. The molecule has 1 aliphatic heterocycles. The van der Waals surface area contributed by atoms with Crippen LogP contribution in [0.5, 0.6) is 5.75 Å². The number of aromatic nitrogens is 5. The second kappa shape index (κ2) is 11.5. The summed E-state index contributed by atoms with van der Waals surface area (Å²) < 4.78 is 13.6. The fourth-order valence-electron chi connectivity index (χ4n) is 6.50. The molecule has 0 radical (unpaired) electrons. The summed E-state index contributed by atoms with van der Waals surface area (Å²) in [7, 11) is 1.68. The Kier molecular flexibility index (Phi) is 7.67. The zero-order valence-corrected chi connectivity index (χ0v) is 23.6. The number of aromatic amines is 1. The average Bonchev–Trinajstić information content (AvgIpc) is 3.73. The van der Waals surface area contributed by atoms with E-state index < -0.39 is 6.04 Å². The molecule has 9 nitrogen and oxygen atoms in total. The molecule has 2 aromatic carbocycles. The number of rotatable bonds is 9. The van der Waals surface area contributed by atoms with Crippen molar-refractivity contribution in [3.05, 3.63) is 80.9 Å². The molecular formula is C31H38N6O3. The molecule has 2 aliphatic rings. The number of fused-ring (bicyclic) bond motifs is 1. The third-order valence-corrected chi connectivity index (χ3v) is 8.42. The van der Waals surface area contributed by atoms with Crippen LogP contribution in [0.3, 0.4) is 0 Å². The van der Waals surface area contributed by atoms with Crippen molar-refractivity contribution in [2.24, 2.45) is 0 Å². The number of ether oxygens (including phenoxy) is 2. The summed E-state index contributed by atoms with van der Waals surface area (Å²) in [4.78, 5) is 19.4. The molecule has 3 heterocycles. The highest BCUT2D eigenvalue weighted by Crippen LogP contribution is 2.35. The number of nitrogens with zero attached hydrogens (tertiary/aromatic N) is 5. The fourth-order valence-corrected chi connectivity index (χ4v) is 6.50. The maximum Gasteiger partial charge on any atom is 0.253 e. The van der Waals surface area contributed by atoms with Crippen LogP contribution in [0.15, 0.2) is 47.3 Å². The van der Waals surface area contributed by atoms with Gasteiger partial charge in [0.15, 0.2) is 5.82 Å². The minimum Gasteiger partial charge on any atom is -0.497 e. The van der Waals surface area contributed by atoms with Crippen molar-refractivity contribution in [2.45, 2.75) is 77.1 Å². The maximum atomic E-state index is 13.9. The molecule has 0 bridgehead atoms. The highest BCUT2D eigenvalue weighted by atomic mass is 16.5. The summed E-state index contributed by atoms with van der Waals surface area (Å²) in [5, 5.41) is 14.3. The van der Waals surface area contributed by atoms with E-state index in [4.69, 9.17) is 9.47 Å². The van der Waals surface area contributed by atoms with Gasteiger partial charge in [0.1, 0.15) is 11.8 Å². The van der Waals surface area contributed by atoms with E-state index in [1.165, 1.54) is 0 Å². The van der Waals surface area contributed by atoms with E-state index in [1.807, 2.05) is 22.9 Å². The van der Waals surface area contributed by atoms with Gasteiger partial charge >= 0.3 is 0 Å². The van der Waals surface area contributed by atoms with Crippen molar-refractivity contribution in [2.75, 3.05) is 20.3 Å². The molecule has 4 aromatic rings. The van der Waals surface area contributed by atoms with Crippen LogP contribution in [0, 0.1) is 13.8 Å². The topological polar surface area (TPSA) is 98.2 Å². The van der Waals surface area contributed by atoms with E-state index in [-0.39, 0.29) is 17.7 Å². The maximum absolute atomic E-state index is 13.9. The highest BCUT2D eigenvalue weighted by Gasteiger charge is 2.35. The first-order chi connectivity index (χ1) is 19.5. The van der Waals surface area contributed by atoms with Crippen molar-refractivity contribution in [1.29, 1.82) is 0 Å². The van der Waals surface area contributed by atoms with E-state index in [0.29, 0.717) is 24.5 Å².